The number of carboxylic acids is 2. The standard InChI is InChI=1S/C49H84N14O18/c1-12-24(8)38(51)47(78)63-39(23(6)7)48(79)61-29(14-22(4)5)42(73)55-25(9)41(72)54-19-36(68)59-31(16-37(69)70)45(76)62-32(20-64)46(77)56-26(10)40(71)53-17-34(66)52-18-35(67)58-30(15-33(50)65)44(75)60-28(13-21(2)3)43(74)57-27(11)49(80)81/h21-32,38-39,64H,12-20,51H2,1-11H3,(H2,50,65)(H,52,66)(H,53,71)(H,54,72)(H,55,73)(H,56,77)(H,57,74)(H,58,67)(H,59,68)(H,60,75)(H,61,79)(H,62,76)(H,63,78)(H,69,70)(H,80,81)/t24-,25-,26-,27-,28-,29-,30-,31-,32-,38-,39-/m0/s1. The molecular formula is C49H84N14O18. The van der Waals surface area contributed by atoms with Crippen molar-refractivity contribution in [1.82, 2.24) is 63.8 Å². The fourth-order valence-corrected chi connectivity index (χ4v) is 7.01. The highest BCUT2D eigenvalue weighted by atomic mass is 16.4. The Bertz CT molecular complexity index is 2260. The van der Waals surface area contributed by atoms with Gasteiger partial charge in [-0.05, 0) is 57.3 Å². The van der Waals surface area contributed by atoms with Crippen molar-refractivity contribution < 1.29 is 87.2 Å². The maximum atomic E-state index is 13.4. The van der Waals surface area contributed by atoms with Crippen molar-refractivity contribution in [1.29, 1.82) is 0 Å². The molecule has 13 amide bonds. The number of rotatable bonds is 37. The van der Waals surface area contributed by atoms with E-state index in [9.17, 15) is 82.1 Å². The average molecular weight is 1160 g/mol. The Morgan fingerprint density at radius 3 is 1.20 bits per heavy atom. The van der Waals surface area contributed by atoms with Gasteiger partial charge in [0.1, 0.15) is 54.4 Å². The number of hydrogen-bond donors (Lipinski definition) is 17. The summed E-state index contributed by atoms with van der Waals surface area (Å²) in [5, 5.41) is 55.8. The summed E-state index contributed by atoms with van der Waals surface area (Å²) >= 11 is 0. The van der Waals surface area contributed by atoms with Crippen molar-refractivity contribution in [3.8, 4) is 0 Å². The monoisotopic (exact) mass is 1160 g/mol. The Morgan fingerprint density at radius 2 is 0.802 bits per heavy atom. The normalized spacial score (nSPS) is 15.1. The molecule has 0 heterocycles. The minimum absolute atomic E-state index is 0.0347. The van der Waals surface area contributed by atoms with Gasteiger partial charge in [-0.1, -0.05) is 61.8 Å². The predicted octanol–water partition coefficient (Wildman–Crippen LogP) is -6.69. The number of aliphatic hydroxyl groups excluding tert-OH is 1. The highest BCUT2D eigenvalue weighted by Gasteiger charge is 2.35. The molecule has 0 aliphatic heterocycles. The molecule has 32 heteroatoms. The van der Waals surface area contributed by atoms with E-state index < -0.39 is 194 Å². The van der Waals surface area contributed by atoms with Gasteiger partial charge in [0, 0.05) is 0 Å². The molecule has 0 saturated heterocycles. The van der Waals surface area contributed by atoms with Crippen LogP contribution in [0.3, 0.4) is 0 Å². The molecule has 0 aliphatic rings. The van der Waals surface area contributed by atoms with Crippen LogP contribution in [0.25, 0.3) is 0 Å². The van der Waals surface area contributed by atoms with Gasteiger partial charge >= 0.3 is 11.9 Å². The van der Waals surface area contributed by atoms with Crippen molar-refractivity contribution in [2.75, 3.05) is 26.2 Å². The van der Waals surface area contributed by atoms with E-state index >= 15 is 0 Å². The molecule has 0 aromatic rings. The maximum Gasteiger partial charge on any atom is 0.325 e. The molecule has 0 aliphatic carbocycles. The molecule has 0 fully saturated rings. The molecule has 0 bridgehead atoms. The lowest BCUT2D eigenvalue weighted by Crippen LogP contribution is -2.59. The van der Waals surface area contributed by atoms with Gasteiger partial charge in [0.05, 0.1) is 45.1 Å². The summed E-state index contributed by atoms with van der Waals surface area (Å²) in [7, 11) is 0. The third kappa shape index (κ3) is 28.6. The van der Waals surface area contributed by atoms with Crippen molar-refractivity contribution in [2.24, 2.45) is 35.1 Å². The summed E-state index contributed by atoms with van der Waals surface area (Å²) in [6.07, 6.45) is -1.03. The van der Waals surface area contributed by atoms with Crippen LogP contribution in [0.4, 0.5) is 0 Å². The highest BCUT2D eigenvalue weighted by Crippen LogP contribution is 2.11. The molecule has 0 radical (unpaired) electrons. The second kappa shape index (κ2) is 36.3. The van der Waals surface area contributed by atoms with E-state index in [0.717, 1.165) is 6.92 Å². The minimum Gasteiger partial charge on any atom is -0.481 e. The van der Waals surface area contributed by atoms with Crippen LogP contribution in [0.2, 0.25) is 0 Å². The van der Waals surface area contributed by atoms with Crippen LogP contribution in [-0.4, -0.2) is 191 Å². The number of carbonyl (C=O) groups excluding carboxylic acids is 13. The summed E-state index contributed by atoms with van der Waals surface area (Å²) in [5.41, 5.74) is 11.3. The van der Waals surface area contributed by atoms with Crippen LogP contribution >= 0.6 is 0 Å². The van der Waals surface area contributed by atoms with Gasteiger partial charge in [0.25, 0.3) is 0 Å². The average Bonchev–Trinajstić information content (AvgIpc) is 3.37. The molecule has 19 N–H and O–H groups in total. The number of amides is 13. The van der Waals surface area contributed by atoms with E-state index in [-0.39, 0.29) is 30.6 Å². The van der Waals surface area contributed by atoms with Gasteiger partial charge in [0.15, 0.2) is 0 Å². The summed E-state index contributed by atoms with van der Waals surface area (Å²) in [6, 6.07) is -13.9. The molecular weight excluding hydrogens is 1070 g/mol. The zero-order chi connectivity index (χ0) is 62.6. The summed E-state index contributed by atoms with van der Waals surface area (Å²) in [6.45, 7) is 14.0. The lowest BCUT2D eigenvalue weighted by atomic mass is 9.97. The van der Waals surface area contributed by atoms with E-state index in [0.29, 0.717) is 6.42 Å². The van der Waals surface area contributed by atoms with E-state index in [1.807, 2.05) is 12.2 Å². The first-order valence-electron chi connectivity index (χ1n) is 26.2. The van der Waals surface area contributed by atoms with Crippen LogP contribution in [-0.2, 0) is 71.9 Å². The SMILES string of the molecule is CC[C@H](C)[C@H](N)C(=O)N[C@H](C(=O)N[C@@H](CC(C)C)C(=O)N[C@@H](C)C(=O)NCC(=O)N[C@@H](CC(=O)O)C(=O)N[C@@H](CO)C(=O)N[C@@H](C)C(=O)NCC(=O)NCC(=O)N[C@@H](CC(N)=O)C(=O)N[C@@H](CC(C)C)C(=O)N[C@@H](C)C(=O)O)C(C)C. The maximum absolute atomic E-state index is 13.4. The zero-order valence-electron chi connectivity index (χ0n) is 47.6. The van der Waals surface area contributed by atoms with Gasteiger partial charge < -0.3 is 90.6 Å². The zero-order valence-corrected chi connectivity index (χ0v) is 47.6. The number of carboxylic acid groups (broad SMARTS) is 2. The van der Waals surface area contributed by atoms with Gasteiger partial charge in [0.2, 0.25) is 76.8 Å². The van der Waals surface area contributed by atoms with Gasteiger partial charge in [-0.15, -0.1) is 0 Å². The molecule has 0 spiro atoms. The Morgan fingerprint density at radius 1 is 0.420 bits per heavy atom. The van der Waals surface area contributed by atoms with Crippen molar-refractivity contribution in [2.45, 2.75) is 169 Å². The van der Waals surface area contributed by atoms with Crippen LogP contribution in [0, 0.1) is 23.7 Å². The van der Waals surface area contributed by atoms with E-state index in [2.05, 4.69) is 58.5 Å². The molecule has 0 aromatic carbocycles. The van der Waals surface area contributed by atoms with Gasteiger partial charge in [-0.3, -0.25) is 71.9 Å². The van der Waals surface area contributed by atoms with Crippen LogP contribution in [0.15, 0.2) is 0 Å². The third-order valence-electron chi connectivity index (χ3n) is 11.9. The first-order chi connectivity index (χ1) is 37.5. The first kappa shape index (κ1) is 73.0. The fraction of sp³-hybridized carbons (Fsp3) is 0.694. The number of aliphatic carboxylic acids is 2. The predicted molar refractivity (Wildman–Crippen MR) is 285 cm³/mol. The molecule has 458 valence electrons. The highest BCUT2D eigenvalue weighted by molar-refractivity contribution is 5.99. The number of hydrogen-bond acceptors (Lipinski definition) is 17. The summed E-state index contributed by atoms with van der Waals surface area (Å²) < 4.78 is 0. The van der Waals surface area contributed by atoms with Crippen molar-refractivity contribution in [3.63, 3.8) is 0 Å². The topological polar surface area (TPSA) is 513 Å². The second-order valence-corrected chi connectivity index (χ2v) is 20.5. The second-order valence-electron chi connectivity index (χ2n) is 20.5. The van der Waals surface area contributed by atoms with Gasteiger partial charge in [-0.2, -0.15) is 0 Å². The Labute approximate surface area is 468 Å². The first-order valence-corrected chi connectivity index (χ1v) is 26.2. The molecule has 0 unspecified atom stereocenters. The number of nitrogens with two attached hydrogens (primary N) is 2. The van der Waals surface area contributed by atoms with Crippen molar-refractivity contribution in [3.05, 3.63) is 0 Å². The van der Waals surface area contributed by atoms with Crippen LogP contribution < -0.4 is 75.3 Å². The fourth-order valence-electron chi connectivity index (χ4n) is 7.01. The Kier molecular flexibility index (Phi) is 32.7. The van der Waals surface area contributed by atoms with Gasteiger partial charge in [-0.25, -0.2) is 0 Å². The quantitative estimate of drug-likeness (QED) is 0.0275. The van der Waals surface area contributed by atoms with Crippen molar-refractivity contribution >= 4 is 88.7 Å². The van der Waals surface area contributed by atoms with E-state index in [1.165, 1.54) is 13.8 Å². The largest absolute Gasteiger partial charge is 0.481 e. The van der Waals surface area contributed by atoms with E-state index in [4.69, 9.17) is 16.6 Å². The molecule has 0 aromatic heterocycles. The molecule has 11 atom stereocenters. The number of carbonyl (C=O) groups is 15. The number of aliphatic hydroxyl groups is 1. The van der Waals surface area contributed by atoms with Crippen LogP contribution in [0.1, 0.15) is 108 Å². The third-order valence-corrected chi connectivity index (χ3v) is 11.9. The number of nitrogens with one attached hydrogen (secondary N) is 12. The molecule has 32 nitrogen and oxygen atoms in total. The molecule has 0 saturated carbocycles. The Balaban J connectivity index is 5.51. The molecule has 81 heavy (non-hydrogen) atoms. The summed E-state index contributed by atoms with van der Waals surface area (Å²) in [4.78, 5) is 190. The van der Waals surface area contributed by atoms with E-state index in [1.54, 1.807) is 48.5 Å². The Hall–Kier alpha value is -8.03. The molecule has 0 rings (SSSR count). The lowest BCUT2D eigenvalue weighted by molar-refractivity contribution is -0.142. The minimum atomic E-state index is -1.90. The lowest BCUT2D eigenvalue weighted by Gasteiger charge is -2.28. The smallest absolute Gasteiger partial charge is 0.325 e. The van der Waals surface area contributed by atoms with Crippen LogP contribution in [0.5, 0.6) is 0 Å². The number of primary amides is 1. The summed E-state index contributed by atoms with van der Waals surface area (Å²) in [5.74, 6) is -16.3.